The maximum absolute atomic E-state index is 11.4. The summed E-state index contributed by atoms with van der Waals surface area (Å²) >= 11 is 0. The quantitative estimate of drug-likeness (QED) is 0.692. The van der Waals surface area contributed by atoms with E-state index in [1.807, 2.05) is 7.05 Å². The van der Waals surface area contributed by atoms with Crippen LogP contribution in [0.2, 0.25) is 0 Å². The van der Waals surface area contributed by atoms with E-state index < -0.39 is 0 Å². The van der Waals surface area contributed by atoms with Gasteiger partial charge in [-0.25, -0.2) is 4.79 Å². The number of imide groups is 1. The van der Waals surface area contributed by atoms with Crippen LogP contribution in [0.4, 0.5) is 4.79 Å². The molecule has 2 fully saturated rings. The monoisotopic (exact) mass is 304 g/mol. The molecule has 2 aliphatic heterocycles. The van der Waals surface area contributed by atoms with Crippen LogP contribution in [-0.4, -0.2) is 68.1 Å². The Bertz CT molecular complexity index is 316. The number of amides is 3. The third-order valence-corrected chi connectivity index (χ3v) is 4.09. The molecule has 0 atom stereocenters. The van der Waals surface area contributed by atoms with E-state index in [-0.39, 0.29) is 30.9 Å². The van der Waals surface area contributed by atoms with Crippen LogP contribution in [-0.2, 0) is 4.79 Å². The molecule has 0 aromatic rings. The molecule has 0 radical (unpaired) electrons. The van der Waals surface area contributed by atoms with Crippen molar-refractivity contribution in [2.75, 3.05) is 46.3 Å². The zero-order chi connectivity index (χ0) is 13.7. The van der Waals surface area contributed by atoms with Gasteiger partial charge in [0.1, 0.15) is 0 Å². The van der Waals surface area contributed by atoms with Crippen molar-refractivity contribution in [3.05, 3.63) is 0 Å². The first-order valence-corrected chi connectivity index (χ1v) is 7.16. The van der Waals surface area contributed by atoms with Crippen LogP contribution in [0.25, 0.3) is 0 Å². The van der Waals surface area contributed by atoms with Gasteiger partial charge in [0.15, 0.2) is 0 Å². The van der Waals surface area contributed by atoms with E-state index in [9.17, 15) is 9.59 Å². The van der Waals surface area contributed by atoms with Crippen molar-refractivity contribution in [2.45, 2.75) is 19.3 Å². The van der Waals surface area contributed by atoms with Crippen molar-refractivity contribution in [1.82, 2.24) is 20.4 Å². The number of hydrogen-bond donors (Lipinski definition) is 2. The SMILES string of the molecule is CNCCC1CCN(CCN2C(=O)CNC2=O)CC1.Cl. The van der Waals surface area contributed by atoms with Gasteiger partial charge in [0.2, 0.25) is 5.91 Å². The van der Waals surface area contributed by atoms with E-state index in [1.54, 1.807) is 0 Å². The van der Waals surface area contributed by atoms with E-state index >= 15 is 0 Å². The van der Waals surface area contributed by atoms with E-state index in [2.05, 4.69) is 15.5 Å². The van der Waals surface area contributed by atoms with Crippen LogP contribution >= 0.6 is 12.4 Å². The second-order valence-electron chi connectivity index (χ2n) is 5.38. The van der Waals surface area contributed by atoms with Gasteiger partial charge in [-0.05, 0) is 51.9 Å². The van der Waals surface area contributed by atoms with E-state index in [0.717, 1.165) is 32.1 Å². The summed E-state index contributed by atoms with van der Waals surface area (Å²) in [5, 5.41) is 5.75. The highest BCUT2D eigenvalue weighted by Gasteiger charge is 2.28. The summed E-state index contributed by atoms with van der Waals surface area (Å²) in [6, 6.07) is -0.242. The number of rotatable bonds is 6. The molecule has 2 rings (SSSR count). The van der Waals surface area contributed by atoms with Crippen LogP contribution < -0.4 is 10.6 Å². The number of piperidine rings is 1. The zero-order valence-corrected chi connectivity index (χ0v) is 12.9. The van der Waals surface area contributed by atoms with Crippen LogP contribution in [0, 0.1) is 5.92 Å². The maximum Gasteiger partial charge on any atom is 0.324 e. The molecule has 0 spiro atoms. The third kappa shape index (κ3) is 4.61. The molecule has 0 unspecified atom stereocenters. The molecule has 20 heavy (non-hydrogen) atoms. The fourth-order valence-corrected chi connectivity index (χ4v) is 2.77. The van der Waals surface area contributed by atoms with Crippen molar-refractivity contribution >= 4 is 24.3 Å². The fourth-order valence-electron chi connectivity index (χ4n) is 2.77. The molecule has 0 saturated carbocycles. The number of halogens is 1. The summed E-state index contributed by atoms with van der Waals surface area (Å²) in [6.07, 6.45) is 3.70. The van der Waals surface area contributed by atoms with E-state index in [1.165, 1.54) is 24.2 Å². The summed E-state index contributed by atoms with van der Waals surface area (Å²) in [5.41, 5.74) is 0. The first-order valence-electron chi connectivity index (χ1n) is 7.16. The Kier molecular flexibility index (Phi) is 7.26. The minimum atomic E-state index is -0.242. The van der Waals surface area contributed by atoms with Crippen molar-refractivity contribution in [1.29, 1.82) is 0 Å². The van der Waals surface area contributed by atoms with Gasteiger partial charge < -0.3 is 15.5 Å². The van der Waals surface area contributed by atoms with Gasteiger partial charge in [-0.15, -0.1) is 12.4 Å². The lowest BCUT2D eigenvalue weighted by Crippen LogP contribution is -2.42. The van der Waals surface area contributed by atoms with Crippen molar-refractivity contribution in [2.24, 2.45) is 5.92 Å². The molecule has 6 nitrogen and oxygen atoms in total. The average molecular weight is 305 g/mol. The maximum atomic E-state index is 11.4. The first-order chi connectivity index (χ1) is 9.20. The van der Waals surface area contributed by atoms with Gasteiger partial charge in [-0.1, -0.05) is 0 Å². The molecule has 2 heterocycles. The van der Waals surface area contributed by atoms with Crippen LogP contribution in [0.15, 0.2) is 0 Å². The Labute approximate surface area is 126 Å². The second-order valence-corrected chi connectivity index (χ2v) is 5.38. The molecule has 0 aromatic heterocycles. The molecule has 2 N–H and O–H groups in total. The van der Waals surface area contributed by atoms with Gasteiger partial charge in [0, 0.05) is 13.1 Å². The third-order valence-electron chi connectivity index (χ3n) is 4.09. The number of carbonyl (C=O) groups is 2. The Hall–Kier alpha value is -0.850. The molecule has 7 heteroatoms. The number of nitrogens with one attached hydrogen (secondary N) is 2. The van der Waals surface area contributed by atoms with Crippen molar-refractivity contribution in [3.8, 4) is 0 Å². The summed E-state index contributed by atoms with van der Waals surface area (Å²) in [4.78, 5) is 26.5. The van der Waals surface area contributed by atoms with Crippen LogP contribution in [0.5, 0.6) is 0 Å². The highest BCUT2D eigenvalue weighted by atomic mass is 35.5. The first kappa shape index (κ1) is 17.2. The summed E-state index contributed by atoms with van der Waals surface area (Å²) < 4.78 is 0. The Morgan fingerprint density at radius 2 is 1.95 bits per heavy atom. The summed E-state index contributed by atoms with van der Waals surface area (Å²) in [7, 11) is 1.99. The molecule has 2 saturated heterocycles. The molecule has 0 aliphatic carbocycles. The molecule has 116 valence electrons. The Morgan fingerprint density at radius 1 is 1.25 bits per heavy atom. The highest BCUT2D eigenvalue weighted by molar-refractivity contribution is 6.01. The lowest BCUT2D eigenvalue weighted by Gasteiger charge is -2.32. The van der Waals surface area contributed by atoms with Crippen LogP contribution in [0.3, 0.4) is 0 Å². The summed E-state index contributed by atoms with van der Waals surface area (Å²) in [6.45, 7) is 4.73. The number of urea groups is 1. The standard InChI is InChI=1S/C13H24N4O2.ClH/c1-14-5-2-11-3-6-16(7-4-11)8-9-17-12(18)10-15-13(17)19;/h11,14H,2-10H2,1H3,(H,15,19);1H. The zero-order valence-electron chi connectivity index (χ0n) is 12.1. The fraction of sp³-hybridized carbons (Fsp3) is 0.846. The van der Waals surface area contributed by atoms with E-state index in [0.29, 0.717) is 6.54 Å². The number of likely N-dealkylation sites (tertiary alicyclic amines) is 1. The minimum absolute atomic E-state index is 0. The topological polar surface area (TPSA) is 64.7 Å². The molecule has 3 amide bonds. The van der Waals surface area contributed by atoms with Gasteiger partial charge in [0.25, 0.3) is 0 Å². The molecular formula is C13H25ClN4O2. The second kappa shape index (κ2) is 8.44. The smallest absolute Gasteiger partial charge is 0.324 e. The predicted octanol–water partition coefficient (Wildman–Crippen LogP) is 0.282. The number of nitrogens with zero attached hydrogens (tertiary/aromatic N) is 2. The minimum Gasteiger partial charge on any atom is -0.329 e. The van der Waals surface area contributed by atoms with Gasteiger partial charge >= 0.3 is 6.03 Å². The molecular weight excluding hydrogens is 280 g/mol. The number of carbonyl (C=O) groups excluding carboxylic acids is 2. The van der Waals surface area contributed by atoms with Gasteiger partial charge in [-0.3, -0.25) is 9.69 Å². The van der Waals surface area contributed by atoms with Crippen LogP contribution in [0.1, 0.15) is 19.3 Å². The molecule has 0 aromatic carbocycles. The number of hydrogen-bond acceptors (Lipinski definition) is 4. The molecule has 2 aliphatic rings. The Morgan fingerprint density at radius 3 is 2.50 bits per heavy atom. The van der Waals surface area contributed by atoms with Crippen molar-refractivity contribution in [3.63, 3.8) is 0 Å². The highest BCUT2D eigenvalue weighted by Crippen LogP contribution is 2.19. The van der Waals surface area contributed by atoms with Gasteiger partial charge in [0.05, 0.1) is 6.54 Å². The average Bonchev–Trinajstić information content (AvgIpc) is 2.75. The van der Waals surface area contributed by atoms with Crippen molar-refractivity contribution < 1.29 is 9.59 Å². The molecule has 0 bridgehead atoms. The van der Waals surface area contributed by atoms with Gasteiger partial charge in [-0.2, -0.15) is 0 Å². The lowest BCUT2D eigenvalue weighted by atomic mass is 9.93. The largest absolute Gasteiger partial charge is 0.329 e. The lowest BCUT2D eigenvalue weighted by molar-refractivity contribution is -0.125. The summed E-state index contributed by atoms with van der Waals surface area (Å²) in [5.74, 6) is 0.717. The van der Waals surface area contributed by atoms with E-state index in [4.69, 9.17) is 0 Å². The normalized spacial score (nSPS) is 20.9. The predicted molar refractivity (Wildman–Crippen MR) is 80.1 cm³/mol. The Balaban J connectivity index is 0.00000200.